The minimum absolute atomic E-state index is 0.0606. The van der Waals surface area contributed by atoms with Crippen LogP contribution in [0.4, 0.5) is 5.69 Å². The minimum Gasteiger partial charge on any atom is -0.350 e. The van der Waals surface area contributed by atoms with Gasteiger partial charge in [-0.25, -0.2) is 0 Å². The van der Waals surface area contributed by atoms with Crippen molar-refractivity contribution in [2.75, 3.05) is 5.32 Å². The smallest absolute Gasteiger partial charge is 0.251 e. The number of hydrogen-bond donors (Lipinski definition) is 2. The van der Waals surface area contributed by atoms with Gasteiger partial charge in [0, 0.05) is 23.2 Å². The van der Waals surface area contributed by atoms with Crippen LogP contribution < -0.4 is 10.6 Å². The van der Waals surface area contributed by atoms with Crippen LogP contribution in [0.3, 0.4) is 0 Å². The number of carbonyl (C=O) groups excluding carboxylic acids is 2. The number of anilines is 1. The van der Waals surface area contributed by atoms with Crippen LogP contribution in [0.5, 0.6) is 0 Å². The summed E-state index contributed by atoms with van der Waals surface area (Å²) in [6.45, 7) is 4.21. The molecule has 0 aromatic heterocycles. The van der Waals surface area contributed by atoms with E-state index in [9.17, 15) is 9.59 Å². The van der Waals surface area contributed by atoms with E-state index in [-0.39, 0.29) is 23.8 Å². The third-order valence-electron chi connectivity index (χ3n) is 3.96. The molecule has 1 saturated carbocycles. The first kappa shape index (κ1) is 16.5. The molecule has 1 unspecified atom stereocenters. The molecule has 1 aromatic rings. The largest absolute Gasteiger partial charge is 0.350 e. The first-order chi connectivity index (χ1) is 10.6. The molecule has 1 atom stereocenters. The highest BCUT2D eigenvalue weighted by Crippen LogP contribution is 2.30. The number of hydrogen-bond acceptors (Lipinski definition) is 2. The molecule has 1 aliphatic carbocycles. The predicted molar refractivity (Wildman–Crippen MR) is 88.9 cm³/mol. The van der Waals surface area contributed by atoms with E-state index >= 15 is 0 Å². The summed E-state index contributed by atoms with van der Waals surface area (Å²) in [6, 6.07) is 7.32. The number of nitrogens with one attached hydrogen (secondary N) is 2. The molecule has 2 amide bonds. The molecule has 0 bridgehead atoms. The molecule has 0 aliphatic heterocycles. The summed E-state index contributed by atoms with van der Waals surface area (Å²) in [5.41, 5.74) is 1.29. The summed E-state index contributed by atoms with van der Waals surface area (Å²) in [5, 5.41) is 5.89. The van der Waals surface area contributed by atoms with Crippen molar-refractivity contribution >= 4 is 17.5 Å². The molecule has 2 rings (SSSR count). The van der Waals surface area contributed by atoms with Gasteiger partial charge >= 0.3 is 0 Å². The molecular weight excluding hydrogens is 276 g/mol. The van der Waals surface area contributed by atoms with Gasteiger partial charge in [0.2, 0.25) is 5.91 Å². The van der Waals surface area contributed by atoms with Gasteiger partial charge < -0.3 is 10.6 Å². The summed E-state index contributed by atoms with van der Waals surface area (Å²) in [4.78, 5) is 24.0. The maximum absolute atomic E-state index is 12.2. The van der Waals surface area contributed by atoms with Gasteiger partial charge in [0.05, 0.1) is 0 Å². The summed E-state index contributed by atoms with van der Waals surface area (Å²) < 4.78 is 0. The van der Waals surface area contributed by atoms with Crippen molar-refractivity contribution in [3.8, 4) is 0 Å². The van der Waals surface area contributed by atoms with Crippen LogP contribution in [-0.4, -0.2) is 17.9 Å². The Hall–Kier alpha value is -1.84. The Morgan fingerprint density at radius 2 is 2.05 bits per heavy atom. The Labute approximate surface area is 132 Å². The molecule has 4 heteroatoms. The molecule has 0 spiro atoms. The first-order valence-corrected chi connectivity index (χ1v) is 8.32. The third-order valence-corrected chi connectivity index (χ3v) is 3.96. The molecule has 120 valence electrons. The van der Waals surface area contributed by atoms with Crippen LogP contribution in [0.2, 0.25) is 0 Å². The van der Waals surface area contributed by atoms with Crippen molar-refractivity contribution in [1.29, 1.82) is 0 Å². The molecule has 0 radical (unpaired) electrons. The highest BCUT2D eigenvalue weighted by Gasteiger charge is 2.29. The number of benzene rings is 1. The Morgan fingerprint density at radius 3 is 2.73 bits per heavy atom. The van der Waals surface area contributed by atoms with E-state index < -0.39 is 0 Å². The van der Waals surface area contributed by atoms with Crippen molar-refractivity contribution in [2.45, 2.75) is 58.4 Å². The lowest BCUT2D eigenvalue weighted by Crippen LogP contribution is -2.32. The van der Waals surface area contributed by atoms with Crippen molar-refractivity contribution < 1.29 is 9.59 Å². The fourth-order valence-corrected chi connectivity index (χ4v) is 2.41. The zero-order valence-electron chi connectivity index (χ0n) is 13.5. The van der Waals surface area contributed by atoms with Gasteiger partial charge in [-0.05, 0) is 44.4 Å². The predicted octanol–water partition coefficient (Wildman–Crippen LogP) is 3.73. The van der Waals surface area contributed by atoms with Gasteiger partial charge in [-0.2, -0.15) is 0 Å². The second-order valence-corrected chi connectivity index (χ2v) is 6.21. The van der Waals surface area contributed by atoms with Crippen LogP contribution in [0, 0.1) is 5.92 Å². The highest BCUT2D eigenvalue weighted by atomic mass is 16.2. The SMILES string of the molecule is CCCCCC(C)NC(=O)c1cccc(NC(=O)C2CC2)c1. The fraction of sp³-hybridized carbons (Fsp3) is 0.556. The van der Waals surface area contributed by atoms with E-state index in [1.807, 2.05) is 13.0 Å². The second-order valence-electron chi connectivity index (χ2n) is 6.21. The molecule has 2 N–H and O–H groups in total. The lowest BCUT2D eigenvalue weighted by molar-refractivity contribution is -0.117. The van der Waals surface area contributed by atoms with E-state index in [1.54, 1.807) is 18.2 Å². The van der Waals surface area contributed by atoms with Crippen LogP contribution in [0.25, 0.3) is 0 Å². The molecule has 0 heterocycles. The van der Waals surface area contributed by atoms with Crippen LogP contribution in [-0.2, 0) is 4.79 Å². The maximum atomic E-state index is 12.2. The molecule has 0 saturated heterocycles. The molecule has 1 aromatic carbocycles. The number of carbonyl (C=O) groups is 2. The number of rotatable bonds is 8. The second kappa shape index (κ2) is 7.97. The van der Waals surface area contributed by atoms with Crippen LogP contribution >= 0.6 is 0 Å². The lowest BCUT2D eigenvalue weighted by atomic mass is 10.1. The minimum atomic E-state index is -0.0773. The average molecular weight is 302 g/mol. The summed E-state index contributed by atoms with van der Waals surface area (Å²) in [6.07, 6.45) is 6.46. The van der Waals surface area contributed by atoms with Crippen molar-refractivity contribution in [3.05, 3.63) is 29.8 Å². The zero-order valence-corrected chi connectivity index (χ0v) is 13.5. The normalized spacial score (nSPS) is 15.2. The molecule has 22 heavy (non-hydrogen) atoms. The van der Waals surface area contributed by atoms with E-state index in [0.29, 0.717) is 11.3 Å². The van der Waals surface area contributed by atoms with Crippen molar-refractivity contribution in [1.82, 2.24) is 5.32 Å². The van der Waals surface area contributed by atoms with Gasteiger partial charge in [0.25, 0.3) is 5.91 Å². The summed E-state index contributed by atoms with van der Waals surface area (Å²) in [7, 11) is 0. The average Bonchev–Trinajstić information content (AvgIpc) is 3.32. The maximum Gasteiger partial charge on any atom is 0.251 e. The number of unbranched alkanes of at least 4 members (excludes halogenated alkanes) is 2. The van der Waals surface area contributed by atoms with Crippen molar-refractivity contribution in [3.63, 3.8) is 0 Å². The van der Waals surface area contributed by atoms with Crippen LogP contribution in [0.15, 0.2) is 24.3 Å². The first-order valence-electron chi connectivity index (χ1n) is 8.32. The zero-order chi connectivity index (χ0) is 15.9. The fourth-order valence-electron chi connectivity index (χ4n) is 2.41. The third kappa shape index (κ3) is 5.17. The van der Waals surface area contributed by atoms with Gasteiger partial charge in [-0.3, -0.25) is 9.59 Å². The Morgan fingerprint density at radius 1 is 1.27 bits per heavy atom. The number of amides is 2. The van der Waals surface area contributed by atoms with E-state index in [2.05, 4.69) is 17.6 Å². The van der Waals surface area contributed by atoms with Crippen LogP contribution in [0.1, 0.15) is 62.7 Å². The standard InChI is InChI=1S/C18H26N2O2/c1-3-4-5-7-13(2)19-18(22)15-8-6-9-16(12-15)20-17(21)14-10-11-14/h6,8-9,12-14H,3-5,7,10-11H2,1-2H3,(H,19,22)(H,20,21). The molecule has 1 fully saturated rings. The van der Waals surface area contributed by atoms with Crippen molar-refractivity contribution in [2.24, 2.45) is 5.92 Å². The van der Waals surface area contributed by atoms with Gasteiger partial charge in [0.1, 0.15) is 0 Å². The van der Waals surface area contributed by atoms with Gasteiger partial charge in [-0.1, -0.05) is 32.3 Å². The lowest BCUT2D eigenvalue weighted by Gasteiger charge is -2.14. The highest BCUT2D eigenvalue weighted by molar-refractivity contribution is 5.98. The molecule has 1 aliphatic rings. The monoisotopic (exact) mass is 302 g/mol. The Kier molecular flexibility index (Phi) is 5.99. The topological polar surface area (TPSA) is 58.2 Å². The van der Waals surface area contributed by atoms with E-state index in [1.165, 1.54) is 12.8 Å². The molecular formula is C18H26N2O2. The summed E-state index contributed by atoms with van der Waals surface area (Å²) in [5.74, 6) is 0.146. The summed E-state index contributed by atoms with van der Waals surface area (Å²) >= 11 is 0. The Balaban J connectivity index is 1.87. The van der Waals surface area contributed by atoms with Gasteiger partial charge in [0.15, 0.2) is 0 Å². The van der Waals surface area contributed by atoms with E-state index in [0.717, 1.165) is 25.7 Å². The van der Waals surface area contributed by atoms with E-state index in [4.69, 9.17) is 0 Å². The van der Waals surface area contributed by atoms with Gasteiger partial charge in [-0.15, -0.1) is 0 Å². The molecule has 4 nitrogen and oxygen atoms in total. The Bertz CT molecular complexity index is 524. The quantitative estimate of drug-likeness (QED) is 0.719.